The van der Waals surface area contributed by atoms with Gasteiger partial charge in [0.1, 0.15) is 5.75 Å². The fourth-order valence-electron chi connectivity index (χ4n) is 5.65. The van der Waals surface area contributed by atoms with Crippen molar-refractivity contribution < 1.29 is 13.6 Å². The second kappa shape index (κ2) is 18.0. The second-order valence-corrected chi connectivity index (χ2v) is 12.2. The zero-order valence-electron chi connectivity index (χ0n) is 28.0. The van der Waals surface area contributed by atoms with Crippen molar-refractivity contribution in [1.29, 1.82) is 0 Å². The number of nitrogens with zero attached hydrogens (tertiary/aromatic N) is 4. The van der Waals surface area contributed by atoms with E-state index in [9.17, 15) is 0 Å². The van der Waals surface area contributed by atoms with Crippen LogP contribution < -0.4 is 4.74 Å². The molecule has 0 fully saturated rings. The van der Waals surface area contributed by atoms with Crippen LogP contribution in [-0.4, -0.2) is 27.0 Å². The molecular weight excluding hydrogens is 584 g/mol. The predicted octanol–water partition coefficient (Wildman–Crippen LogP) is 11.4. The van der Waals surface area contributed by atoms with Crippen molar-refractivity contribution in [3.63, 3.8) is 0 Å². The lowest BCUT2D eigenvalue weighted by Crippen LogP contribution is -1.97. The number of ether oxygens (including phenoxy) is 1. The van der Waals surface area contributed by atoms with Crippen LogP contribution in [0.1, 0.15) is 102 Å². The highest BCUT2D eigenvalue weighted by Crippen LogP contribution is 2.32. The molecule has 2 aromatic heterocycles. The summed E-state index contributed by atoms with van der Waals surface area (Å²) in [5, 5.41) is 17.3. The number of benzene rings is 3. The fourth-order valence-corrected chi connectivity index (χ4v) is 5.65. The maximum atomic E-state index is 6.11. The van der Waals surface area contributed by atoms with E-state index in [-0.39, 0.29) is 0 Å². The highest BCUT2D eigenvalue weighted by molar-refractivity contribution is 5.75. The van der Waals surface area contributed by atoms with Gasteiger partial charge in [-0.15, -0.1) is 20.4 Å². The van der Waals surface area contributed by atoms with Crippen molar-refractivity contribution >= 4 is 6.08 Å². The molecule has 0 atom stereocenters. The smallest absolute Gasteiger partial charge is 0.248 e. The van der Waals surface area contributed by atoms with Crippen LogP contribution in [0.2, 0.25) is 0 Å². The molecule has 0 N–H and O–H groups in total. The first-order valence-corrected chi connectivity index (χ1v) is 17.4. The van der Waals surface area contributed by atoms with Crippen molar-refractivity contribution in [2.75, 3.05) is 6.61 Å². The Morgan fingerprint density at radius 1 is 0.574 bits per heavy atom. The fraction of sp³-hybridized carbons (Fsp3) is 0.400. The van der Waals surface area contributed by atoms with Crippen LogP contribution in [0.25, 0.3) is 51.9 Å². The summed E-state index contributed by atoms with van der Waals surface area (Å²) < 4.78 is 18.1. The number of aryl methyl sites for hydroxylation is 1. The van der Waals surface area contributed by atoms with Gasteiger partial charge < -0.3 is 13.6 Å². The monoisotopic (exact) mass is 632 g/mol. The van der Waals surface area contributed by atoms with E-state index in [0.29, 0.717) is 23.6 Å². The molecule has 0 aliphatic carbocycles. The maximum absolute atomic E-state index is 6.11. The average Bonchev–Trinajstić information content (AvgIpc) is 3.81. The number of unbranched alkanes of at least 4 members (excludes halogenated alkanes) is 10. The first-order valence-electron chi connectivity index (χ1n) is 17.4. The third kappa shape index (κ3) is 9.74. The Morgan fingerprint density at radius 3 is 1.72 bits per heavy atom. The van der Waals surface area contributed by atoms with Crippen LogP contribution in [0.3, 0.4) is 0 Å². The molecule has 7 heteroatoms. The molecular formula is C40H48N4O3. The Labute approximate surface area is 279 Å². The van der Waals surface area contributed by atoms with Gasteiger partial charge in [0.15, 0.2) is 0 Å². The number of aromatic nitrogens is 4. The molecule has 0 radical (unpaired) electrons. The van der Waals surface area contributed by atoms with Crippen molar-refractivity contribution in [2.24, 2.45) is 0 Å². The topological polar surface area (TPSA) is 87.1 Å². The minimum atomic E-state index is 0.422. The molecule has 7 nitrogen and oxygen atoms in total. The van der Waals surface area contributed by atoms with Gasteiger partial charge in [0.25, 0.3) is 0 Å². The minimum absolute atomic E-state index is 0.422. The van der Waals surface area contributed by atoms with Crippen LogP contribution in [0.4, 0.5) is 0 Å². The van der Waals surface area contributed by atoms with Gasteiger partial charge in [-0.05, 0) is 85.0 Å². The first-order chi connectivity index (χ1) is 23.2. The van der Waals surface area contributed by atoms with Crippen LogP contribution in [0.5, 0.6) is 5.75 Å². The highest BCUT2D eigenvalue weighted by Gasteiger charge is 2.17. The van der Waals surface area contributed by atoms with Gasteiger partial charge in [-0.2, -0.15) is 0 Å². The van der Waals surface area contributed by atoms with Crippen LogP contribution in [-0.2, 0) is 6.42 Å². The molecule has 5 rings (SSSR count). The lowest BCUT2D eigenvalue weighted by molar-refractivity contribution is 0.304. The van der Waals surface area contributed by atoms with Crippen molar-refractivity contribution in [1.82, 2.24) is 20.4 Å². The molecule has 0 aliphatic heterocycles. The molecule has 0 unspecified atom stereocenters. The molecule has 0 bridgehead atoms. The van der Waals surface area contributed by atoms with E-state index >= 15 is 0 Å². The summed E-state index contributed by atoms with van der Waals surface area (Å²) in [5.41, 5.74) is 5.48. The zero-order valence-corrected chi connectivity index (χ0v) is 28.0. The summed E-state index contributed by atoms with van der Waals surface area (Å²) in [6, 6.07) is 22.0. The number of rotatable bonds is 20. The average molecular weight is 633 g/mol. The third-order valence-electron chi connectivity index (χ3n) is 8.49. The van der Waals surface area contributed by atoms with E-state index in [1.54, 1.807) is 6.08 Å². The van der Waals surface area contributed by atoms with Crippen molar-refractivity contribution in [2.45, 2.75) is 97.3 Å². The molecule has 246 valence electrons. The second-order valence-electron chi connectivity index (χ2n) is 12.2. The summed E-state index contributed by atoms with van der Waals surface area (Å²) in [6.45, 7) is 9.23. The SMILES string of the molecule is C=Cc1cc(-c2nnc(-c3ccc(OCCCCCCCC)cc3)o2)ccc1-c1nnc(-c2ccc(CCCCCCCC)cc2)o1. The lowest BCUT2D eigenvalue weighted by Gasteiger charge is -2.06. The first kappa shape index (κ1) is 33.8. The molecule has 0 saturated carbocycles. The van der Waals surface area contributed by atoms with Gasteiger partial charge >= 0.3 is 0 Å². The lowest BCUT2D eigenvalue weighted by atomic mass is 10.0. The molecule has 2 heterocycles. The summed E-state index contributed by atoms with van der Waals surface area (Å²) in [5.74, 6) is 2.64. The van der Waals surface area contributed by atoms with E-state index in [1.807, 2.05) is 42.5 Å². The van der Waals surface area contributed by atoms with Crippen LogP contribution >= 0.6 is 0 Å². The van der Waals surface area contributed by atoms with Crippen molar-refractivity contribution in [3.8, 4) is 51.6 Å². The van der Waals surface area contributed by atoms with Gasteiger partial charge in [-0.25, -0.2) is 0 Å². The third-order valence-corrected chi connectivity index (χ3v) is 8.49. The van der Waals surface area contributed by atoms with Gasteiger partial charge in [0, 0.05) is 22.3 Å². The van der Waals surface area contributed by atoms with Crippen LogP contribution in [0.15, 0.2) is 82.1 Å². The Morgan fingerprint density at radius 2 is 1.09 bits per heavy atom. The number of hydrogen-bond donors (Lipinski definition) is 0. The normalized spacial score (nSPS) is 11.2. The molecule has 0 amide bonds. The van der Waals surface area contributed by atoms with Crippen LogP contribution in [0, 0.1) is 0 Å². The summed E-state index contributed by atoms with van der Waals surface area (Å²) in [6.07, 6.45) is 18.1. The van der Waals surface area contributed by atoms with E-state index in [2.05, 4.69) is 65.1 Å². The molecule has 47 heavy (non-hydrogen) atoms. The van der Waals surface area contributed by atoms with E-state index in [1.165, 1.54) is 76.2 Å². The molecule has 3 aromatic carbocycles. The minimum Gasteiger partial charge on any atom is -0.494 e. The maximum Gasteiger partial charge on any atom is 0.248 e. The van der Waals surface area contributed by atoms with Gasteiger partial charge in [0.05, 0.1) is 6.61 Å². The van der Waals surface area contributed by atoms with E-state index < -0.39 is 0 Å². The summed E-state index contributed by atoms with van der Waals surface area (Å²) in [4.78, 5) is 0. The number of hydrogen-bond acceptors (Lipinski definition) is 7. The van der Waals surface area contributed by atoms with Gasteiger partial charge in [-0.3, -0.25) is 0 Å². The Kier molecular flexibility index (Phi) is 12.9. The van der Waals surface area contributed by atoms with Gasteiger partial charge in [0.2, 0.25) is 23.6 Å². The molecule has 0 spiro atoms. The van der Waals surface area contributed by atoms with Gasteiger partial charge in [-0.1, -0.05) is 103 Å². The standard InChI is InChI=1S/C40H48N4O3/c1-4-7-9-11-13-15-17-30-18-20-32(21-19-30)38-42-44-40(47-38)36-27-24-34(29-31(36)6-3)39-43-41-37(46-39)33-22-25-35(26-23-33)45-28-16-14-12-10-8-5-2/h6,18-27,29H,3-5,7-17,28H2,1-2H3. The summed E-state index contributed by atoms with van der Waals surface area (Å²) in [7, 11) is 0. The quantitative estimate of drug-likeness (QED) is 0.0789. The Bertz CT molecular complexity index is 1650. The molecule has 5 aromatic rings. The zero-order chi connectivity index (χ0) is 32.7. The van der Waals surface area contributed by atoms with Crippen molar-refractivity contribution in [3.05, 3.63) is 84.4 Å². The summed E-state index contributed by atoms with van der Waals surface area (Å²) >= 11 is 0. The Balaban J connectivity index is 1.17. The molecule has 0 aliphatic rings. The predicted molar refractivity (Wildman–Crippen MR) is 190 cm³/mol. The van der Waals surface area contributed by atoms with E-state index in [0.717, 1.165) is 53.0 Å². The highest BCUT2D eigenvalue weighted by atomic mass is 16.5. The Hall–Kier alpha value is -4.52. The molecule has 0 saturated heterocycles. The van der Waals surface area contributed by atoms with E-state index in [4.69, 9.17) is 13.6 Å². The largest absolute Gasteiger partial charge is 0.494 e.